The van der Waals surface area contributed by atoms with Gasteiger partial charge in [0.25, 0.3) is 0 Å². The summed E-state index contributed by atoms with van der Waals surface area (Å²) >= 11 is 0. The molecule has 5 heteroatoms. The van der Waals surface area contributed by atoms with E-state index in [1.54, 1.807) is 0 Å². The molecule has 142 valence electrons. The van der Waals surface area contributed by atoms with Gasteiger partial charge in [0, 0.05) is 12.8 Å². The third-order valence-corrected chi connectivity index (χ3v) is 3.59. The maximum absolute atomic E-state index is 11.6. The van der Waals surface area contributed by atoms with Crippen molar-refractivity contribution >= 4 is 11.9 Å². The lowest BCUT2D eigenvalue weighted by Crippen LogP contribution is -2.25. The standard InChI is InChI=1S/C19H36O5/c1-15(2)9-6-7-10-17(21)23-13-16(20)14-24-18(22)11-8-12-19(3,4)5/h15-16,20H,6-14H2,1-5H3. The van der Waals surface area contributed by atoms with Gasteiger partial charge in [-0.2, -0.15) is 0 Å². The first-order valence-corrected chi connectivity index (χ1v) is 9.09. The summed E-state index contributed by atoms with van der Waals surface area (Å²) in [5.41, 5.74) is 0.198. The second kappa shape index (κ2) is 12.3. The molecule has 0 heterocycles. The molecule has 1 N–H and O–H groups in total. The molecule has 24 heavy (non-hydrogen) atoms. The van der Waals surface area contributed by atoms with Crippen molar-refractivity contribution in [1.29, 1.82) is 0 Å². The summed E-state index contributed by atoms with van der Waals surface area (Å²) in [4.78, 5) is 23.1. The summed E-state index contributed by atoms with van der Waals surface area (Å²) in [6.45, 7) is 10.4. The Morgan fingerprint density at radius 3 is 1.88 bits per heavy atom. The molecule has 0 aliphatic carbocycles. The average Bonchev–Trinajstić information content (AvgIpc) is 2.46. The number of carbonyl (C=O) groups is 2. The van der Waals surface area contributed by atoms with Crippen LogP contribution in [0, 0.1) is 11.3 Å². The first-order chi connectivity index (χ1) is 11.1. The van der Waals surface area contributed by atoms with Gasteiger partial charge >= 0.3 is 11.9 Å². The molecule has 5 nitrogen and oxygen atoms in total. The molecule has 0 aliphatic heterocycles. The molecule has 1 atom stereocenters. The summed E-state index contributed by atoms with van der Waals surface area (Å²) in [6.07, 6.45) is 4.36. The summed E-state index contributed by atoms with van der Waals surface area (Å²) in [5.74, 6) is 0.00792. The highest BCUT2D eigenvalue weighted by Crippen LogP contribution is 2.21. The maximum atomic E-state index is 11.6. The number of rotatable bonds is 12. The minimum absolute atomic E-state index is 0.127. The molecule has 0 rings (SSSR count). The second-order valence-electron chi connectivity index (χ2n) is 8.07. The van der Waals surface area contributed by atoms with Crippen LogP contribution in [0.15, 0.2) is 0 Å². The summed E-state index contributed by atoms with van der Waals surface area (Å²) in [5, 5.41) is 9.69. The van der Waals surface area contributed by atoms with E-state index in [-0.39, 0.29) is 30.6 Å². The van der Waals surface area contributed by atoms with E-state index in [4.69, 9.17) is 9.47 Å². The molecule has 0 aromatic heterocycles. The Kier molecular flexibility index (Phi) is 11.7. The van der Waals surface area contributed by atoms with Gasteiger partial charge in [0.1, 0.15) is 19.3 Å². The molecule has 0 bridgehead atoms. The SMILES string of the molecule is CC(C)CCCCC(=O)OCC(O)COC(=O)CCCC(C)(C)C. The Labute approximate surface area is 147 Å². The van der Waals surface area contributed by atoms with Gasteiger partial charge in [-0.05, 0) is 30.6 Å². The van der Waals surface area contributed by atoms with Crippen LogP contribution in [0.1, 0.15) is 79.6 Å². The van der Waals surface area contributed by atoms with E-state index in [1.165, 1.54) is 0 Å². The zero-order chi connectivity index (χ0) is 18.6. The molecule has 1 unspecified atom stereocenters. The van der Waals surface area contributed by atoms with Crippen LogP contribution in [0.25, 0.3) is 0 Å². The number of unbranched alkanes of at least 4 members (excludes halogenated alkanes) is 1. The summed E-state index contributed by atoms with van der Waals surface area (Å²) in [6, 6.07) is 0. The van der Waals surface area contributed by atoms with Crippen molar-refractivity contribution in [3.8, 4) is 0 Å². The van der Waals surface area contributed by atoms with Crippen LogP contribution in [0.3, 0.4) is 0 Å². The van der Waals surface area contributed by atoms with Crippen molar-refractivity contribution in [2.24, 2.45) is 11.3 Å². The monoisotopic (exact) mass is 344 g/mol. The van der Waals surface area contributed by atoms with E-state index < -0.39 is 6.10 Å². The van der Waals surface area contributed by atoms with E-state index in [0.29, 0.717) is 18.8 Å². The van der Waals surface area contributed by atoms with E-state index in [9.17, 15) is 14.7 Å². The second-order valence-corrected chi connectivity index (χ2v) is 8.07. The van der Waals surface area contributed by atoms with Crippen molar-refractivity contribution in [1.82, 2.24) is 0 Å². The van der Waals surface area contributed by atoms with Crippen LogP contribution in [0.2, 0.25) is 0 Å². The zero-order valence-corrected chi connectivity index (χ0v) is 16.1. The first kappa shape index (κ1) is 22.9. The van der Waals surface area contributed by atoms with E-state index in [1.807, 2.05) is 0 Å². The lowest BCUT2D eigenvalue weighted by molar-refractivity contribution is -0.152. The number of carbonyl (C=O) groups excluding carboxylic acids is 2. The fraction of sp³-hybridized carbons (Fsp3) is 0.895. The minimum atomic E-state index is -0.962. The Morgan fingerprint density at radius 1 is 0.917 bits per heavy atom. The summed E-state index contributed by atoms with van der Waals surface area (Å²) in [7, 11) is 0. The molecule has 0 spiro atoms. The van der Waals surface area contributed by atoms with Gasteiger partial charge in [-0.15, -0.1) is 0 Å². The Hall–Kier alpha value is -1.10. The fourth-order valence-corrected chi connectivity index (χ4v) is 2.16. The number of ether oxygens (including phenoxy) is 2. The van der Waals surface area contributed by atoms with Gasteiger partial charge < -0.3 is 14.6 Å². The van der Waals surface area contributed by atoms with Crippen LogP contribution in [-0.2, 0) is 19.1 Å². The molecule has 0 aromatic rings. The van der Waals surface area contributed by atoms with E-state index in [2.05, 4.69) is 34.6 Å². The molecular formula is C19H36O5. The van der Waals surface area contributed by atoms with Crippen LogP contribution < -0.4 is 0 Å². The molecule has 0 fully saturated rings. The molecule has 0 aromatic carbocycles. The van der Waals surface area contributed by atoms with Gasteiger partial charge in [-0.25, -0.2) is 0 Å². The third kappa shape index (κ3) is 15.8. The molecule has 0 aliphatic rings. The highest BCUT2D eigenvalue weighted by Gasteiger charge is 2.14. The van der Waals surface area contributed by atoms with Crippen LogP contribution in [0.5, 0.6) is 0 Å². The smallest absolute Gasteiger partial charge is 0.305 e. The quantitative estimate of drug-likeness (QED) is 0.430. The fourth-order valence-electron chi connectivity index (χ4n) is 2.16. The van der Waals surface area contributed by atoms with Gasteiger partial charge in [-0.1, -0.05) is 47.5 Å². The highest BCUT2D eigenvalue weighted by atomic mass is 16.6. The largest absolute Gasteiger partial charge is 0.463 e. The van der Waals surface area contributed by atoms with Gasteiger partial charge in [-0.3, -0.25) is 9.59 Å². The first-order valence-electron chi connectivity index (χ1n) is 9.09. The van der Waals surface area contributed by atoms with E-state index in [0.717, 1.165) is 32.1 Å². The van der Waals surface area contributed by atoms with Crippen molar-refractivity contribution in [2.45, 2.75) is 85.7 Å². The number of hydrogen-bond acceptors (Lipinski definition) is 5. The third-order valence-electron chi connectivity index (χ3n) is 3.59. The topological polar surface area (TPSA) is 72.8 Å². The lowest BCUT2D eigenvalue weighted by Gasteiger charge is -2.17. The highest BCUT2D eigenvalue weighted by molar-refractivity contribution is 5.69. The van der Waals surface area contributed by atoms with Crippen molar-refractivity contribution in [2.75, 3.05) is 13.2 Å². The Balaban J connectivity index is 3.65. The van der Waals surface area contributed by atoms with Crippen LogP contribution in [0.4, 0.5) is 0 Å². The van der Waals surface area contributed by atoms with E-state index >= 15 is 0 Å². The van der Waals surface area contributed by atoms with Crippen LogP contribution in [-0.4, -0.2) is 36.4 Å². The van der Waals surface area contributed by atoms with Crippen molar-refractivity contribution < 1.29 is 24.2 Å². The zero-order valence-electron chi connectivity index (χ0n) is 16.1. The summed E-state index contributed by atoms with van der Waals surface area (Å²) < 4.78 is 9.98. The number of esters is 2. The number of hydrogen-bond donors (Lipinski definition) is 1. The minimum Gasteiger partial charge on any atom is -0.463 e. The predicted molar refractivity (Wildman–Crippen MR) is 94.5 cm³/mol. The molecule has 0 amide bonds. The average molecular weight is 344 g/mol. The number of aliphatic hydroxyl groups excluding tert-OH is 1. The molecule has 0 radical (unpaired) electrons. The normalized spacial score (nSPS) is 13.0. The van der Waals surface area contributed by atoms with Gasteiger partial charge in [0.2, 0.25) is 0 Å². The van der Waals surface area contributed by atoms with Crippen molar-refractivity contribution in [3.05, 3.63) is 0 Å². The molecule has 0 saturated heterocycles. The van der Waals surface area contributed by atoms with Crippen molar-refractivity contribution in [3.63, 3.8) is 0 Å². The Morgan fingerprint density at radius 2 is 1.42 bits per heavy atom. The van der Waals surface area contributed by atoms with Gasteiger partial charge in [0.15, 0.2) is 0 Å². The number of aliphatic hydroxyl groups is 1. The van der Waals surface area contributed by atoms with Crippen LogP contribution >= 0.6 is 0 Å². The predicted octanol–water partition coefficient (Wildman–Crippen LogP) is 3.87. The maximum Gasteiger partial charge on any atom is 0.305 e. The molecule has 0 saturated carbocycles. The lowest BCUT2D eigenvalue weighted by atomic mass is 9.90. The molecular weight excluding hydrogens is 308 g/mol. The van der Waals surface area contributed by atoms with Gasteiger partial charge in [0.05, 0.1) is 0 Å². The Bertz CT molecular complexity index is 357.